The molecule has 0 fully saturated rings. The first-order valence-corrected chi connectivity index (χ1v) is 7.40. The molecule has 0 radical (unpaired) electrons. The third kappa shape index (κ3) is 4.87. The first kappa shape index (κ1) is 18.1. The smallest absolute Gasteiger partial charge is 0.338 e. The van der Waals surface area contributed by atoms with E-state index in [0.717, 1.165) is 0 Å². The van der Waals surface area contributed by atoms with Crippen LogP contribution in [-0.2, 0) is 9.53 Å². The topological polar surface area (TPSA) is 83.1 Å². The Morgan fingerprint density at radius 2 is 1.56 bits per heavy atom. The molecule has 0 saturated heterocycles. The summed E-state index contributed by atoms with van der Waals surface area (Å²) in [4.78, 5) is 23.9. The van der Waals surface area contributed by atoms with Crippen LogP contribution in [0.4, 0.5) is 5.69 Å². The molecule has 0 aliphatic carbocycles. The minimum absolute atomic E-state index is 0.259. The number of nitrogens with one attached hydrogen (secondary N) is 1. The molecule has 1 N–H and O–H groups in total. The minimum atomic E-state index is -0.633. The normalized spacial score (nSPS) is 9.88. The number of benzene rings is 2. The van der Waals surface area contributed by atoms with Crippen LogP contribution in [0.25, 0.3) is 0 Å². The average Bonchev–Trinajstić information content (AvgIpc) is 2.66. The zero-order chi connectivity index (χ0) is 18.2. The molecule has 1 amide bonds. The molecule has 0 aliphatic rings. The highest BCUT2D eigenvalue weighted by Gasteiger charge is 2.13. The lowest BCUT2D eigenvalue weighted by Crippen LogP contribution is -2.20. The molecule has 25 heavy (non-hydrogen) atoms. The summed E-state index contributed by atoms with van der Waals surface area (Å²) in [6, 6.07) is 11.4. The molecular weight excluding hydrogens is 326 g/mol. The number of carbonyl (C=O) groups excluding carboxylic acids is 2. The first-order chi connectivity index (χ1) is 12.1. The molecule has 2 rings (SSSR count). The predicted molar refractivity (Wildman–Crippen MR) is 91.5 cm³/mol. The van der Waals surface area contributed by atoms with Gasteiger partial charge < -0.3 is 24.3 Å². The molecule has 0 spiro atoms. The van der Waals surface area contributed by atoms with Crippen LogP contribution >= 0.6 is 0 Å². The van der Waals surface area contributed by atoms with Gasteiger partial charge in [-0.05, 0) is 42.5 Å². The molecule has 2 aromatic carbocycles. The third-order valence-corrected chi connectivity index (χ3v) is 3.33. The maximum atomic E-state index is 12.0. The fraction of sp³-hybridized carbons (Fsp3) is 0.222. The Labute approximate surface area is 145 Å². The van der Waals surface area contributed by atoms with Crippen molar-refractivity contribution in [2.24, 2.45) is 0 Å². The van der Waals surface area contributed by atoms with Gasteiger partial charge in [-0.2, -0.15) is 0 Å². The van der Waals surface area contributed by atoms with E-state index in [1.54, 1.807) is 37.4 Å². The fourth-order valence-electron chi connectivity index (χ4n) is 2.05. The van der Waals surface area contributed by atoms with Crippen LogP contribution in [0.2, 0.25) is 0 Å². The van der Waals surface area contributed by atoms with E-state index >= 15 is 0 Å². The van der Waals surface area contributed by atoms with Gasteiger partial charge in [0, 0.05) is 5.69 Å². The number of carbonyl (C=O) groups is 2. The second kappa shape index (κ2) is 8.58. The predicted octanol–water partition coefficient (Wildman–Crippen LogP) is 2.51. The van der Waals surface area contributed by atoms with Crippen molar-refractivity contribution in [2.75, 3.05) is 33.3 Å². The summed E-state index contributed by atoms with van der Waals surface area (Å²) in [7, 11) is 4.52. The van der Waals surface area contributed by atoms with Gasteiger partial charge in [-0.3, -0.25) is 4.79 Å². The highest BCUT2D eigenvalue weighted by atomic mass is 16.5. The van der Waals surface area contributed by atoms with E-state index in [0.29, 0.717) is 22.9 Å². The van der Waals surface area contributed by atoms with Gasteiger partial charge in [0.15, 0.2) is 18.1 Å². The largest absolute Gasteiger partial charge is 0.497 e. The van der Waals surface area contributed by atoms with E-state index in [-0.39, 0.29) is 5.56 Å². The summed E-state index contributed by atoms with van der Waals surface area (Å²) in [5.74, 6) is 0.499. The Balaban J connectivity index is 1.91. The molecule has 0 aliphatic heterocycles. The maximum Gasteiger partial charge on any atom is 0.338 e. The van der Waals surface area contributed by atoms with Crippen LogP contribution in [0.5, 0.6) is 17.2 Å². The number of rotatable bonds is 7. The zero-order valence-electron chi connectivity index (χ0n) is 14.2. The lowest BCUT2D eigenvalue weighted by Gasteiger charge is -2.10. The van der Waals surface area contributed by atoms with E-state index in [2.05, 4.69) is 5.32 Å². The lowest BCUT2D eigenvalue weighted by atomic mass is 10.2. The number of hydrogen-bond donors (Lipinski definition) is 1. The Kier molecular flexibility index (Phi) is 6.22. The van der Waals surface area contributed by atoms with Gasteiger partial charge in [0.2, 0.25) is 0 Å². The molecule has 0 unspecified atom stereocenters. The van der Waals surface area contributed by atoms with E-state index in [9.17, 15) is 9.59 Å². The van der Waals surface area contributed by atoms with E-state index in [1.807, 2.05) is 0 Å². The summed E-state index contributed by atoms with van der Waals surface area (Å²) in [5, 5.41) is 2.62. The molecular formula is C18H19NO6. The standard InChI is InChI=1S/C18H19NO6/c1-22-14-7-5-13(6-8-14)19-17(20)11-25-18(21)12-4-9-15(23-2)16(10-12)24-3/h4-10H,11H2,1-3H3,(H,19,20). The van der Waals surface area contributed by atoms with Gasteiger partial charge in [0.05, 0.1) is 26.9 Å². The van der Waals surface area contributed by atoms with Crippen LogP contribution in [-0.4, -0.2) is 39.8 Å². The maximum absolute atomic E-state index is 12.0. The van der Waals surface area contributed by atoms with Crippen molar-refractivity contribution in [3.8, 4) is 17.2 Å². The minimum Gasteiger partial charge on any atom is -0.497 e. The third-order valence-electron chi connectivity index (χ3n) is 3.33. The first-order valence-electron chi connectivity index (χ1n) is 7.40. The average molecular weight is 345 g/mol. The second-order valence-electron chi connectivity index (χ2n) is 4.92. The molecule has 2 aromatic rings. The Bertz CT molecular complexity index is 742. The van der Waals surface area contributed by atoms with Crippen molar-refractivity contribution >= 4 is 17.6 Å². The fourth-order valence-corrected chi connectivity index (χ4v) is 2.05. The van der Waals surface area contributed by atoms with Gasteiger partial charge >= 0.3 is 5.97 Å². The molecule has 132 valence electrons. The molecule has 0 aromatic heterocycles. The summed E-state index contributed by atoms with van der Waals surface area (Å²) < 4.78 is 20.3. The summed E-state index contributed by atoms with van der Waals surface area (Å²) in [6.45, 7) is -0.404. The molecule has 7 nitrogen and oxygen atoms in total. The number of esters is 1. The van der Waals surface area contributed by atoms with Gasteiger partial charge in [0.25, 0.3) is 5.91 Å². The number of hydrogen-bond acceptors (Lipinski definition) is 6. The Morgan fingerprint density at radius 1 is 0.880 bits per heavy atom. The van der Waals surface area contributed by atoms with Crippen LogP contribution in [0.3, 0.4) is 0 Å². The molecule has 0 bridgehead atoms. The monoisotopic (exact) mass is 345 g/mol. The van der Waals surface area contributed by atoms with Crippen LogP contribution < -0.4 is 19.5 Å². The van der Waals surface area contributed by atoms with Crippen LogP contribution in [0.1, 0.15) is 10.4 Å². The number of ether oxygens (including phenoxy) is 4. The number of anilines is 1. The zero-order valence-corrected chi connectivity index (χ0v) is 14.2. The lowest BCUT2D eigenvalue weighted by molar-refractivity contribution is -0.119. The number of amides is 1. The van der Waals surface area contributed by atoms with E-state index < -0.39 is 18.5 Å². The van der Waals surface area contributed by atoms with Crippen molar-refractivity contribution in [2.45, 2.75) is 0 Å². The second-order valence-corrected chi connectivity index (χ2v) is 4.92. The summed E-state index contributed by atoms with van der Waals surface area (Å²) in [5.41, 5.74) is 0.836. The van der Waals surface area contributed by atoms with E-state index in [4.69, 9.17) is 18.9 Å². The highest BCUT2D eigenvalue weighted by Crippen LogP contribution is 2.27. The van der Waals surface area contributed by atoms with Crippen molar-refractivity contribution in [1.82, 2.24) is 0 Å². The van der Waals surface area contributed by atoms with Crippen LogP contribution in [0.15, 0.2) is 42.5 Å². The molecule has 0 saturated carbocycles. The highest BCUT2D eigenvalue weighted by molar-refractivity contribution is 5.95. The summed E-state index contributed by atoms with van der Waals surface area (Å²) in [6.07, 6.45) is 0. The van der Waals surface area contributed by atoms with Gasteiger partial charge in [-0.15, -0.1) is 0 Å². The SMILES string of the molecule is COc1ccc(NC(=O)COC(=O)c2ccc(OC)c(OC)c2)cc1. The van der Waals surface area contributed by atoms with Crippen LogP contribution in [0, 0.1) is 0 Å². The Hall–Kier alpha value is -3.22. The van der Waals surface area contributed by atoms with Crippen molar-refractivity contribution < 1.29 is 28.5 Å². The van der Waals surface area contributed by atoms with Gasteiger partial charge in [-0.1, -0.05) is 0 Å². The van der Waals surface area contributed by atoms with E-state index in [1.165, 1.54) is 26.4 Å². The van der Waals surface area contributed by atoms with Crippen molar-refractivity contribution in [3.63, 3.8) is 0 Å². The molecule has 7 heteroatoms. The van der Waals surface area contributed by atoms with Crippen molar-refractivity contribution in [1.29, 1.82) is 0 Å². The van der Waals surface area contributed by atoms with Gasteiger partial charge in [0.1, 0.15) is 5.75 Å². The number of methoxy groups -OCH3 is 3. The molecule has 0 heterocycles. The van der Waals surface area contributed by atoms with Gasteiger partial charge in [-0.25, -0.2) is 4.79 Å². The summed E-state index contributed by atoms with van der Waals surface area (Å²) >= 11 is 0. The molecule has 0 atom stereocenters. The Morgan fingerprint density at radius 3 is 2.16 bits per heavy atom. The van der Waals surface area contributed by atoms with Crippen molar-refractivity contribution in [3.05, 3.63) is 48.0 Å². The quantitative estimate of drug-likeness (QED) is 0.777.